The number of carboxylic acids is 1. The molecule has 2 heterocycles. The van der Waals surface area contributed by atoms with Gasteiger partial charge in [0.1, 0.15) is 5.76 Å². The summed E-state index contributed by atoms with van der Waals surface area (Å²) in [6, 6.07) is 2.97. The van der Waals surface area contributed by atoms with Gasteiger partial charge in [0.05, 0.1) is 11.7 Å². The van der Waals surface area contributed by atoms with Gasteiger partial charge in [-0.1, -0.05) is 11.8 Å². The summed E-state index contributed by atoms with van der Waals surface area (Å²) in [5.74, 6) is -3.63. The Morgan fingerprint density at radius 1 is 1.38 bits per heavy atom. The number of aliphatic carboxylic acids is 1. The van der Waals surface area contributed by atoms with Crippen molar-refractivity contribution in [3.8, 4) is 0 Å². The number of carbonyl (C=O) groups excluding carboxylic acids is 1. The van der Waals surface area contributed by atoms with Crippen molar-refractivity contribution in [2.75, 3.05) is 13.1 Å². The fourth-order valence-corrected chi connectivity index (χ4v) is 2.65. The van der Waals surface area contributed by atoms with E-state index in [0.29, 0.717) is 43.5 Å². The van der Waals surface area contributed by atoms with Gasteiger partial charge in [0.2, 0.25) is 0 Å². The standard InChI is InChI=1S/C13H15F2NO4S/c14-13(15)21-7-9-1-2-10(20-9)11(17)16-5-3-8(4-6-16)12(18)19/h1-2,8,13H,3-7H2,(H,18,19). The zero-order chi connectivity index (χ0) is 15.4. The number of amides is 1. The molecule has 0 radical (unpaired) electrons. The first kappa shape index (κ1) is 15.8. The molecule has 1 saturated heterocycles. The maximum atomic E-state index is 12.2. The van der Waals surface area contributed by atoms with Gasteiger partial charge in [-0.15, -0.1) is 0 Å². The fourth-order valence-electron chi connectivity index (χ4n) is 2.20. The second-order valence-electron chi connectivity index (χ2n) is 4.74. The molecule has 0 atom stereocenters. The molecule has 0 spiro atoms. The average molecular weight is 319 g/mol. The second-order valence-corrected chi connectivity index (χ2v) is 5.72. The Morgan fingerprint density at radius 2 is 2.05 bits per heavy atom. The van der Waals surface area contributed by atoms with Crippen LogP contribution in [0.2, 0.25) is 0 Å². The lowest BCUT2D eigenvalue weighted by molar-refractivity contribution is -0.143. The van der Waals surface area contributed by atoms with Crippen LogP contribution in [0.4, 0.5) is 8.78 Å². The van der Waals surface area contributed by atoms with Crippen LogP contribution >= 0.6 is 11.8 Å². The zero-order valence-corrected chi connectivity index (χ0v) is 11.9. The fraction of sp³-hybridized carbons (Fsp3) is 0.538. The molecule has 0 unspecified atom stereocenters. The quantitative estimate of drug-likeness (QED) is 0.903. The summed E-state index contributed by atoms with van der Waals surface area (Å²) in [6.07, 6.45) is 0.825. The molecule has 5 nitrogen and oxygen atoms in total. The van der Waals surface area contributed by atoms with Crippen LogP contribution in [0.15, 0.2) is 16.5 Å². The van der Waals surface area contributed by atoms with Crippen LogP contribution < -0.4 is 0 Å². The minimum atomic E-state index is -2.48. The predicted molar refractivity (Wildman–Crippen MR) is 72.3 cm³/mol. The summed E-state index contributed by atoms with van der Waals surface area (Å²) < 4.78 is 29.4. The monoisotopic (exact) mass is 319 g/mol. The van der Waals surface area contributed by atoms with E-state index in [1.165, 1.54) is 17.0 Å². The average Bonchev–Trinajstić information content (AvgIpc) is 2.93. The highest BCUT2D eigenvalue weighted by atomic mass is 32.2. The topological polar surface area (TPSA) is 70.8 Å². The Hall–Kier alpha value is -1.57. The minimum Gasteiger partial charge on any atom is -0.481 e. The van der Waals surface area contributed by atoms with Crippen molar-refractivity contribution < 1.29 is 27.9 Å². The summed E-state index contributed by atoms with van der Waals surface area (Å²) in [6.45, 7) is 0.717. The minimum absolute atomic E-state index is 0.00599. The van der Waals surface area contributed by atoms with Gasteiger partial charge in [-0.05, 0) is 25.0 Å². The number of piperidine rings is 1. The van der Waals surface area contributed by atoms with Gasteiger partial charge in [0, 0.05) is 13.1 Å². The van der Waals surface area contributed by atoms with Gasteiger partial charge in [0.25, 0.3) is 11.7 Å². The van der Waals surface area contributed by atoms with E-state index in [9.17, 15) is 18.4 Å². The Labute approximate surface area is 124 Å². The highest BCUT2D eigenvalue weighted by molar-refractivity contribution is 7.98. The van der Waals surface area contributed by atoms with Crippen LogP contribution in [0, 0.1) is 5.92 Å². The third kappa shape index (κ3) is 4.20. The predicted octanol–water partition coefficient (Wildman–Crippen LogP) is 2.67. The van der Waals surface area contributed by atoms with Gasteiger partial charge in [-0.3, -0.25) is 9.59 Å². The van der Waals surface area contributed by atoms with Gasteiger partial charge < -0.3 is 14.4 Å². The molecular weight excluding hydrogens is 304 g/mol. The maximum absolute atomic E-state index is 12.2. The molecule has 0 saturated carbocycles. The number of thioether (sulfide) groups is 1. The first-order valence-corrected chi connectivity index (χ1v) is 7.53. The molecule has 21 heavy (non-hydrogen) atoms. The number of halogens is 2. The van der Waals surface area contributed by atoms with Crippen LogP contribution in [0.25, 0.3) is 0 Å². The Bertz CT molecular complexity index is 512. The van der Waals surface area contributed by atoms with Gasteiger partial charge in [-0.25, -0.2) is 0 Å². The van der Waals surface area contributed by atoms with Crippen molar-refractivity contribution in [3.05, 3.63) is 23.7 Å². The normalized spacial score (nSPS) is 16.4. The number of rotatable bonds is 5. The molecule has 1 fully saturated rings. The number of hydrogen-bond acceptors (Lipinski definition) is 4. The first-order chi connectivity index (χ1) is 9.97. The lowest BCUT2D eigenvalue weighted by Crippen LogP contribution is -2.40. The first-order valence-electron chi connectivity index (χ1n) is 6.48. The Balaban J connectivity index is 1.90. The molecule has 1 aliphatic rings. The lowest BCUT2D eigenvalue weighted by atomic mass is 9.97. The molecule has 1 aromatic rings. The molecule has 0 bridgehead atoms. The van der Waals surface area contributed by atoms with Crippen LogP contribution in [0.3, 0.4) is 0 Å². The second kappa shape index (κ2) is 6.93. The van der Waals surface area contributed by atoms with Crippen molar-refractivity contribution in [1.29, 1.82) is 0 Å². The maximum Gasteiger partial charge on any atom is 0.306 e. The van der Waals surface area contributed by atoms with E-state index in [2.05, 4.69) is 0 Å². The highest BCUT2D eigenvalue weighted by Crippen LogP contribution is 2.23. The number of likely N-dealkylation sites (tertiary alicyclic amines) is 1. The largest absolute Gasteiger partial charge is 0.481 e. The Morgan fingerprint density at radius 3 is 2.62 bits per heavy atom. The van der Waals surface area contributed by atoms with Crippen molar-refractivity contribution in [3.63, 3.8) is 0 Å². The molecule has 116 valence electrons. The van der Waals surface area contributed by atoms with Crippen molar-refractivity contribution in [2.45, 2.75) is 24.4 Å². The van der Waals surface area contributed by atoms with Crippen molar-refractivity contribution in [2.24, 2.45) is 5.92 Å². The number of carboxylic acid groups (broad SMARTS) is 1. The molecule has 1 aromatic heterocycles. The molecule has 0 aromatic carbocycles. The highest BCUT2D eigenvalue weighted by Gasteiger charge is 2.28. The molecule has 1 aliphatic heterocycles. The summed E-state index contributed by atoms with van der Waals surface area (Å²) in [5.41, 5.74) is 0. The summed E-state index contributed by atoms with van der Waals surface area (Å²) in [4.78, 5) is 24.5. The van der Waals surface area contributed by atoms with Crippen molar-refractivity contribution in [1.82, 2.24) is 4.90 Å². The molecular formula is C13H15F2NO4S. The molecule has 2 rings (SSSR count). The van der Waals surface area contributed by atoms with Gasteiger partial charge in [-0.2, -0.15) is 8.78 Å². The molecule has 1 N–H and O–H groups in total. The number of furan rings is 1. The van der Waals surface area contributed by atoms with Gasteiger partial charge in [0.15, 0.2) is 5.76 Å². The van der Waals surface area contributed by atoms with E-state index in [1.54, 1.807) is 0 Å². The summed E-state index contributed by atoms with van der Waals surface area (Å²) in [7, 11) is 0. The van der Waals surface area contributed by atoms with E-state index >= 15 is 0 Å². The number of alkyl halides is 2. The SMILES string of the molecule is O=C(O)C1CCN(C(=O)c2ccc(CSC(F)F)o2)CC1. The van der Waals surface area contributed by atoms with Crippen LogP contribution in [-0.2, 0) is 10.5 Å². The van der Waals surface area contributed by atoms with E-state index in [0.717, 1.165) is 0 Å². The summed E-state index contributed by atoms with van der Waals surface area (Å²) in [5, 5.41) is 8.90. The van der Waals surface area contributed by atoms with E-state index in [-0.39, 0.29) is 17.4 Å². The van der Waals surface area contributed by atoms with Crippen LogP contribution in [0.1, 0.15) is 29.2 Å². The third-order valence-corrected chi connectivity index (χ3v) is 4.06. The Kier molecular flexibility index (Phi) is 5.22. The van der Waals surface area contributed by atoms with E-state index in [1.807, 2.05) is 0 Å². The number of carbonyl (C=O) groups is 2. The smallest absolute Gasteiger partial charge is 0.306 e. The van der Waals surface area contributed by atoms with Crippen LogP contribution in [0.5, 0.6) is 0 Å². The molecule has 8 heteroatoms. The lowest BCUT2D eigenvalue weighted by Gasteiger charge is -2.29. The van der Waals surface area contributed by atoms with E-state index < -0.39 is 17.6 Å². The van der Waals surface area contributed by atoms with Crippen LogP contribution in [-0.4, -0.2) is 40.7 Å². The third-order valence-electron chi connectivity index (χ3n) is 3.36. The van der Waals surface area contributed by atoms with E-state index in [4.69, 9.17) is 9.52 Å². The molecule has 1 amide bonds. The molecule has 0 aliphatic carbocycles. The van der Waals surface area contributed by atoms with Gasteiger partial charge >= 0.3 is 5.97 Å². The number of hydrogen-bond donors (Lipinski definition) is 1. The zero-order valence-electron chi connectivity index (χ0n) is 11.1. The van der Waals surface area contributed by atoms with Crippen molar-refractivity contribution >= 4 is 23.6 Å². The number of nitrogens with zero attached hydrogens (tertiary/aromatic N) is 1. The summed E-state index contributed by atoms with van der Waals surface area (Å²) >= 11 is 0.431.